The molecule has 1 atom stereocenters. The number of urea groups is 1. The molecule has 0 fully saturated rings. The molecule has 0 unspecified atom stereocenters. The fourth-order valence-corrected chi connectivity index (χ4v) is 2.65. The highest BCUT2D eigenvalue weighted by Crippen LogP contribution is 2.19. The van der Waals surface area contributed by atoms with Crippen LogP contribution in [0.3, 0.4) is 0 Å². The second-order valence-electron chi connectivity index (χ2n) is 4.65. The summed E-state index contributed by atoms with van der Waals surface area (Å²) in [5.74, 6) is 1.63. The Morgan fingerprint density at radius 2 is 2.35 bits per heavy atom. The van der Waals surface area contributed by atoms with E-state index in [1.165, 1.54) is 0 Å². The molecule has 20 heavy (non-hydrogen) atoms. The summed E-state index contributed by atoms with van der Waals surface area (Å²) in [5, 5.41) is 5.84. The number of carbonyl (C=O) groups is 1. The molecule has 6 heteroatoms. The highest BCUT2D eigenvalue weighted by Gasteiger charge is 2.18. The number of nitrogens with one attached hydrogen (secondary N) is 1. The Balaban J connectivity index is 1.93. The quantitative estimate of drug-likeness (QED) is 0.919. The zero-order valence-corrected chi connectivity index (χ0v) is 12.7. The Labute approximate surface area is 122 Å². The molecule has 2 amide bonds. The number of amides is 2. The molecule has 2 heterocycles. The first-order valence-corrected chi connectivity index (χ1v) is 7.44. The Hall–Kier alpha value is -1.82. The summed E-state index contributed by atoms with van der Waals surface area (Å²) in [6, 6.07) is 3.62. The van der Waals surface area contributed by atoms with Gasteiger partial charge in [-0.1, -0.05) is 6.92 Å². The van der Waals surface area contributed by atoms with Gasteiger partial charge in [0.2, 0.25) is 0 Å². The lowest BCUT2D eigenvalue weighted by molar-refractivity contribution is 0.198. The van der Waals surface area contributed by atoms with Gasteiger partial charge in [-0.15, -0.1) is 11.3 Å². The number of nitrogens with zero attached hydrogens (tertiary/aromatic N) is 2. The molecule has 1 N–H and O–H groups in total. The van der Waals surface area contributed by atoms with E-state index in [0.29, 0.717) is 6.54 Å². The maximum Gasteiger partial charge on any atom is 0.318 e. The molecular formula is C14H19N3O2S. The van der Waals surface area contributed by atoms with Crippen LogP contribution in [0.5, 0.6) is 0 Å². The minimum Gasteiger partial charge on any atom is -0.464 e. The monoisotopic (exact) mass is 293 g/mol. The van der Waals surface area contributed by atoms with Crippen molar-refractivity contribution < 1.29 is 9.21 Å². The van der Waals surface area contributed by atoms with Gasteiger partial charge >= 0.3 is 6.03 Å². The first-order chi connectivity index (χ1) is 9.60. The van der Waals surface area contributed by atoms with Crippen molar-refractivity contribution >= 4 is 17.4 Å². The molecule has 0 bridgehead atoms. The summed E-state index contributed by atoms with van der Waals surface area (Å²) < 4.78 is 5.48. The van der Waals surface area contributed by atoms with Crippen molar-refractivity contribution in [2.45, 2.75) is 32.9 Å². The summed E-state index contributed by atoms with van der Waals surface area (Å²) in [5.41, 5.74) is 0. The van der Waals surface area contributed by atoms with Crippen LogP contribution in [-0.4, -0.2) is 23.0 Å². The Kier molecular flexibility index (Phi) is 4.79. The van der Waals surface area contributed by atoms with E-state index in [9.17, 15) is 4.79 Å². The molecule has 0 saturated heterocycles. The molecule has 0 spiro atoms. The Bertz CT molecular complexity index is 551. The lowest BCUT2D eigenvalue weighted by Crippen LogP contribution is -2.38. The number of thiazole rings is 1. The molecular weight excluding hydrogens is 274 g/mol. The largest absolute Gasteiger partial charge is 0.464 e. The predicted molar refractivity (Wildman–Crippen MR) is 78.6 cm³/mol. The number of aromatic nitrogens is 1. The van der Waals surface area contributed by atoms with Gasteiger partial charge in [0.25, 0.3) is 0 Å². The molecule has 2 rings (SSSR count). The zero-order valence-electron chi connectivity index (χ0n) is 11.9. The Morgan fingerprint density at radius 3 is 2.90 bits per heavy atom. The van der Waals surface area contributed by atoms with Crippen LogP contribution >= 0.6 is 11.3 Å². The van der Waals surface area contributed by atoms with Crippen molar-refractivity contribution in [1.29, 1.82) is 0 Å². The third kappa shape index (κ3) is 3.60. The number of aryl methyl sites for hydroxylation is 1. The van der Waals surface area contributed by atoms with E-state index < -0.39 is 0 Å². The molecule has 2 aromatic heterocycles. The van der Waals surface area contributed by atoms with Crippen molar-refractivity contribution in [3.8, 4) is 0 Å². The number of hydrogen-bond donors (Lipinski definition) is 1. The number of carbonyl (C=O) groups excluding carboxylic acids is 1. The smallest absolute Gasteiger partial charge is 0.318 e. The van der Waals surface area contributed by atoms with Crippen molar-refractivity contribution in [3.05, 3.63) is 40.2 Å². The van der Waals surface area contributed by atoms with E-state index in [1.54, 1.807) is 29.5 Å². The first kappa shape index (κ1) is 14.6. The van der Waals surface area contributed by atoms with Crippen LogP contribution in [0.1, 0.15) is 35.9 Å². The maximum absolute atomic E-state index is 12.2. The van der Waals surface area contributed by atoms with Gasteiger partial charge in [-0.3, -0.25) is 0 Å². The first-order valence-electron chi connectivity index (χ1n) is 6.56. The normalized spacial score (nSPS) is 12.2. The average molecular weight is 293 g/mol. The molecule has 0 saturated carbocycles. The van der Waals surface area contributed by atoms with Crippen molar-refractivity contribution in [2.24, 2.45) is 0 Å². The molecule has 108 valence electrons. The van der Waals surface area contributed by atoms with E-state index in [1.807, 2.05) is 31.4 Å². The van der Waals surface area contributed by atoms with E-state index in [0.717, 1.165) is 22.9 Å². The van der Waals surface area contributed by atoms with Gasteiger partial charge in [-0.2, -0.15) is 0 Å². The molecule has 0 radical (unpaired) electrons. The van der Waals surface area contributed by atoms with Crippen molar-refractivity contribution in [3.63, 3.8) is 0 Å². The van der Waals surface area contributed by atoms with Crippen LogP contribution in [-0.2, 0) is 6.54 Å². The van der Waals surface area contributed by atoms with Gasteiger partial charge in [-0.25, -0.2) is 9.78 Å². The van der Waals surface area contributed by atoms with Crippen LogP contribution in [0.2, 0.25) is 0 Å². The molecule has 2 aromatic rings. The molecule has 0 aliphatic carbocycles. The average Bonchev–Trinajstić information content (AvgIpc) is 3.07. The fraction of sp³-hybridized carbons (Fsp3) is 0.429. The zero-order chi connectivity index (χ0) is 14.5. The van der Waals surface area contributed by atoms with Gasteiger partial charge in [-0.05, 0) is 25.5 Å². The SMILES string of the molecule is CC[C@H](NC(=O)N(C)Cc1ccc(C)o1)c1nccs1. The molecule has 0 aromatic carbocycles. The predicted octanol–water partition coefficient (Wildman–Crippen LogP) is 3.34. The van der Waals surface area contributed by atoms with Gasteiger partial charge in [0.05, 0.1) is 12.6 Å². The third-order valence-electron chi connectivity index (χ3n) is 2.99. The van der Waals surface area contributed by atoms with Crippen LogP contribution in [0.4, 0.5) is 4.79 Å². The van der Waals surface area contributed by atoms with E-state index in [4.69, 9.17) is 4.42 Å². The molecule has 0 aliphatic heterocycles. The van der Waals surface area contributed by atoms with Gasteiger partial charge in [0.1, 0.15) is 16.5 Å². The van der Waals surface area contributed by atoms with Crippen LogP contribution in [0, 0.1) is 6.92 Å². The van der Waals surface area contributed by atoms with E-state index in [-0.39, 0.29) is 12.1 Å². The van der Waals surface area contributed by atoms with Crippen LogP contribution in [0.15, 0.2) is 28.1 Å². The minimum absolute atomic E-state index is 0.0386. The fourth-order valence-electron chi connectivity index (χ4n) is 1.88. The number of rotatable bonds is 5. The molecule has 5 nitrogen and oxygen atoms in total. The summed E-state index contributed by atoms with van der Waals surface area (Å²) >= 11 is 1.55. The topological polar surface area (TPSA) is 58.4 Å². The standard InChI is InChI=1S/C14H19N3O2S/c1-4-12(13-15-7-8-20-13)16-14(18)17(3)9-11-6-5-10(2)19-11/h5-8,12H,4,9H2,1-3H3,(H,16,18)/t12-/m0/s1. The summed E-state index contributed by atoms with van der Waals surface area (Å²) in [6.45, 7) is 4.37. The summed E-state index contributed by atoms with van der Waals surface area (Å²) in [4.78, 5) is 18.0. The second-order valence-corrected chi connectivity index (χ2v) is 5.58. The lowest BCUT2D eigenvalue weighted by Gasteiger charge is -2.21. The summed E-state index contributed by atoms with van der Waals surface area (Å²) in [6.07, 6.45) is 2.57. The minimum atomic E-state index is -0.124. The third-order valence-corrected chi connectivity index (χ3v) is 3.88. The second kappa shape index (κ2) is 6.56. The molecule has 0 aliphatic rings. The van der Waals surface area contributed by atoms with Gasteiger partial charge in [0.15, 0.2) is 0 Å². The van der Waals surface area contributed by atoms with Crippen LogP contribution < -0.4 is 5.32 Å². The van der Waals surface area contributed by atoms with Gasteiger partial charge < -0.3 is 14.6 Å². The van der Waals surface area contributed by atoms with E-state index >= 15 is 0 Å². The van der Waals surface area contributed by atoms with Crippen LogP contribution in [0.25, 0.3) is 0 Å². The summed E-state index contributed by atoms with van der Waals surface area (Å²) in [7, 11) is 1.75. The number of hydrogen-bond acceptors (Lipinski definition) is 4. The van der Waals surface area contributed by atoms with Crippen molar-refractivity contribution in [1.82, 2.24) is 15.2 Å². The maximum atomic E-state index is 12.2. The highest BCUT2D eigenvalue weighted by atomic mass is 32.1. The number of furan rings is 1. The lowest BCUT2D eigenvalue weighted by atomic mass is 10.2. The van der Waals surface area contributed by atoms with E-state index in [2.05, 4.69) is 10.3 Å². The highest BCUT2D eigenvalue weighted by molar-refractivity contribution is 7.09. The van der Waals surface area contributed by atoms with Gasteiger partial charge in [0, 0.05) is 18.6 Å². The van der Waals surface area contributed by atoms with Crippen molar-refractivity contribution in [2.75, 3.05) is 7.05 Å². The Morgan fingerprint density at radius 1 is 1.55 bits per heavy atom.